The van der Waals surface area contributed by atoms with Crippen molar-refractivity contribution in [2.75, 3.05) is 18.4 Å². The van der Waals surface area contributed by atoms with E-state index in [1.807, 2.05) is 19.1 Å². The maximum absolute atomic E-state index is 12.2. The fourth-order valence-corrected chi connectivity index (χ4v) is 2.86. The molecule has 23 heavy (non-hydrogen) atoms. The molecule has 2 atom stereocenters. The highest BCUT2D eigenvalue weighted by Crippen LogP contribution is 2.17. The summed E-state index contributed by atoms with van der Waals surface area (Å²) in [5, 5.41) is 2.95. The molecular formula is C18H30ClN3O. The third-order valence-electron chi connectivity index (χ3n) is 4.61. The number of benzene rings is 1. The van der Waals surface area contributed by atoms with E-state index in [-0.39, 0.29) is 24.2 Å². The van der Waals surface area contributed by atoms with Gasteiger partial charge >= 0.3 is 0 Å². The van der Waals surface area contributed by atoms with Crippen LogP contribution in [0.1, 0.15) is 45.1 Å². The van der Waals surface area contributed by atoms with Crippen LogP contribution >= 0.6 is 12.4 Å². The van der Waals surface area contributed by atoms with Crippen LogP contribution < -0.4 is 11.1 Å². The number of rotatable bonds is 6. The van der Waals surface area contributed by atoms with Crippen molar-refractivity contribution in [3.05, 3.63) is 29.8 Å². The highest BCUT2D eigenvalue weighted by molar-refractivity contribution is 5.94. The van der Waals surface area contributed by atoms with Gasteiger partial charge < -0.3 is 11.1 Å². The third-order valence-corrected chi connectivity index (χ3v) is 4.61. The topological polar surface area (TPSA) is 58.4 Å². The fourth-order valence-electron chi connectivity index (χ4n) is 2.86. The maximum Gasteiger partial charge on any atom is 0.241 e. The number of likely N-dealkylation sites (tertiary alicyclic amines) is 1. The van der Waals surface area contributed by atoms with Crippen LogP contribution in [0.15, 0.2) is 24.3 Å². The van der Waals surface area contributed by atoms with Crippen molar-refractivity contribution in [1.29, 1.82) is 0 Å². The van der Waals surface area contributed by atoms with E-state index >= 15 is 0 Å². The van der Waals surface area contributed by atoms with Crippen molar-refractivity contribution in [3.63, 3.8) is 0 Å². The molecule has 1 amide bonds. The second-order valence-corrected chi connectivity index (χ2v) is 6.44. The Bertz CT molecular complexity index is 489. The molecule has 5 heteroatoms. The first-order chi connectivity index (χ1) is 10.6. The first kappa shape index (κ1) is 19.9. The molecule has 0 aliphatic carbocycles. The van der Waals surface area contributed by atoms with Crippen LogP contribution in [0.2, 0.25) is 0 Å². The highest BCUT2D eigenvalue weighted by atomic mass is 35.5. The van der Waals surface area contributed by atoms with E-state index in [0.717, 1.165) is 18.7 Å². The van der Waals surface area contributed by atoms with E-state index in [0.29, 0.717) is 0 Å². The normalized spacial score (nSPS) is 17.9. The first-order valence-electron chi connectivity index (χ1n) is 8.48. The smallest absolute Gasteiger partial charge is 0.241 e. The van der Waals surface area contributed by atoms with Gasteiger partial charge in [0.15, 0.2) is 0 Å². The molecule has 3 N–H and O–H groups in total. The zero-order valence-electron chi connectivity index (χ0n) is 14.3. The molecule has 1 heterocycles. The van der Waals surface area contributed by atoms with E-state index < -0.39 is 6.04 Å². The van der Waals surface area contributed by atoms with Gasteiger partial charge in [0.25, 0.3) is 0 Å². The van der Waals surface area contributed by atoms with Crippen LogP contribution in [0.3, 0.4) is 0 Å². The molecule has 2 rings (SSSR count). The summed E-state index contributed by atoms with van der Waals surface area (Å²) in [6.07, 6.45) is 4.84. The van der Waals surface area contributed by atoms with Gasteiger partial charge in [0.1, 0.15) is 0 Å². The molecule has 130 valence electrons. The molecule has 0 radical (unpaired) electrons. The largest absolute Gasteiger partial charge is 0.325 e. The lowest BCUT2D eigenvalue weighted by atomic mass is 9.99. The number of carbonyl (C=O) groups is 1. The van der Waals surface area contributed by atoms with Gasteiger partial charge in [0.2, 0.25) is 5.91 Å². The number of amides is 1. The van der Waals surface area contributed by atoms with Gasteiger partial charge in [-0.3, -0.25) is 9.69 Å². The molecule has 0 spiro atoms. The predicted octanol–water partition coefficient (Wildman–Crippen LogP) is 3.41. The highest BCUT2D eigenvalue weighted by Gasteiger charge is 2.19. The van der Waals surface area contributed by atoms with Gasteiger partial charge in [-0.1, -0.05) is 38.8 Å². The minimum absolute atomic E-state index is 0. The zero-order valence-corrected chi connectivity index (χ0v) is 15.1. The summed E-state index contributed by atoms with van der Waals surface area (Å²) >= 11 is 0. The molecule has 1 saturated heterocycles. The van der Waals surface area contributed by atoms with Crippen molar-refractivity contribution in [2.24, 2.45) is 11.7 Å². The Hall–Kier alpha value is -1.10. The summed E-state index contributed by atoms with van der Waals surface area (Å²) in [7, 11) is 0. The second-order valence-electron chi connectivity index (χ2n) is 6.44. The Morgan fingerprint density at radius 3 is 2.65 bits per heavy atom. The number of anilines is 1. The van der Waals surface area contributed by atoms with Gasteiger partial charge in [0, 0.05) is 12.2 Å². The molecule has 1 aliphatic heterocycles. The van der Waals surface area contributed by atoms with Crippen LogP contribution in [0, 0.1) is 5.92 Å². The predicted molar refractivity (Wildman–Crippen MR) is 98.9 cm³/mol. The molecule has 1 aliphatic rings. The van der Waals surface area contributed by atoms with Crippen LogP contribution in [0.25, 0.3) is 0 Å². The Morgan fingerprint density at radius 1 is 1.30 bits per heavy atom. The van der Waals surface area contributed by atoms with Gasteiger partial charge in [-0.2, -0.15) is 0 Å². The summed E-state index contributed by atoms with van der Waals surface area (Å²) in [6.45, 7) is 7.38. The van der Waals surface area contributed by atoms with Crippen LogP contribution in [0.5, 0.6) is 0 Å². The molecule has 0 saturated carbocycles. The van der Waals surface area contributed by atoms with Crippen LogP contribution in [0.4, 0.5) is 5.69 Å². The van der Waals surface area contributed by atoms with Crippen LogP contribution in [-0.2, 0) is 11.3 Å². The van der Waals surface area contributed by atoms with Gasteiger partial charge in [-0.25, -0.2) is 0 Å². The SMILES string of the molecule is CCC(C)C(N)C(=O)Nc1cccc(CN2CCCCC2)c1.Cl. The Morgan fingerprint density at radius 2 is 2.00 bits per heavy atom. The number of nitrogens with zero attached hydrogens (tertiary/aromatic N) is 1. The second kappa shape index (κ2) is 9.91. The number of nitrogens with two attached hydrogens (primary N) is 1. The number of piperidine rings is 1. The first-order valence-corrected chi connectivity index (χ1v) is 8.48. The maximum atomic E-state index is 12.2. The Kier molecular flexibility index (Phi) is 8.59. The van der Waals surface area contributed by atoms with E-state index in [9.17, 15) is 4.79 Å². The molecule has 0 bridgehead atoms. The van der Waals surface area contributed by atoms with Crippen LogP contribution in [-0.4, -0.2) is 29.9 Å². The number of nitrogens with one attached hydrogen (secondary N) is 1. The minimum Gasteiger partial charge on any atom is -0.325 e. The molecule has 1 aromatic rings. The molecule has 0 aromatic heterocycles. The molecule has 1 aromatic carbocycles. The van der Waals surface area contributed by atoms with Crippen molar-refractivity contribution in [1.82, 2.24) is 4.90 Å². The number of halogens is 1. The standard InChI is InChI=1S/C18H29N3O.ClH/c1-3-14(2)17(19)18(22)20-16-9-7-8-15(12-16)13-21-10-5-4-6-11-21;/h7-9,12,14,17H,3-6,10-11,13,19H2,1-2H3,(H,20,22);1H. The monoisotopic (exact) mass is 339 g/mol. The number of carbonyl (C=O) groups excluding carboxylic acids is 1. The average Bonchev–Trinajstić information content (AvgIpc) is 2.54. The van der Waals surface area contributed by atoms with Crippen molar-refractivity contribution in [2.45, 2.75) is 52.1 Å². The molecular weight excluding hydrogens is 310 g/mol. The molecule has 1 fully saturated rings. The van der Waals surface area contributed by atoms with Crippen molar-refractivity contribution in [3.8, 4) is 0 Å². The van der Waals surface area contributed by atoms with Gasteiger partial charge in [-0.05, 0) is 49.5 Å². The summed E-state index contributed by atoms with van der Waals surface area (Å²) in [4.78, 5) is 14.6. The summed E-state index contributed by atoms with van der Waals surface area (Å²) in [5.74, 6) is 0.0982. The number of hydrogen-bond donors (Lipinski definition) is 2. The lowest BCUT2D eigenvalue weighted by molar-refractivity contribution is -0.118. The number of hydrogen-bond acceptors (Lipinski definition) is 3. The van der Waals surface area contributed by atoms with Gasteiger partial charge in [0.05, 0.1) is 6.04 Å². The van der Waals surface area contributed by atoms with Gasteiger partial charge in [-0.15, -0.1) is 12.4 Å². The molecule has 4 nitrogen and oxygen atoms in total. The summed E-state index contributed by atoms with van der Waals surface area (Å²) < 4.78 is 0. The lowest BCUT2D eigenvalue weighted by Gasteiger charge is -2.26. The van der Waals surface area contributed by atoms with Crippen molar-refractivity contribution < 1.29 is 4.79 Å². The summed E-state index contributed by atoms with van der Waals surface area (Å²) in [5.41, 5.74) is 8.08. The zero-order chi connectivity index (χ0) is 15.9. The summed E-state index contributed by atoms with van der Waals surface area (Å²) in [6, 6.07) is 7.68. The quantitative estimate of drug-likeness (QED) is 0.835. The Labute approximate surface area is 146 Å². The van der Waals surface area contributed by atoms with E-state index in [1.165, 1.54) is 37.9 Å². The average molecular weight is 340 g/mol. The van der Waals surface area contributed by atoms with E-state index in [1.54, 1.807) is 0 Å². The van der Waals surface area contributed by atoms with E-state index in [2.05, 4.69) is 29.3 Å². The lowest BCUT2D eigenvalue weighted by Crippen LogP contribution is -2.40. The fraction of sp³-hybridized carbons (Fsp3) is 0.611. The Balaban J connectivity index is 0.00000264. The molecule has 2 unspecified atom stereocenters. The van der Waals surface area contributed by atoms with E-state index in [4.69, 9.17) is 5.73 Å². The third kappa shape index (κ3) is 6.13. The van der Waals surface area contributed by atoms with Crippen molar-refractivity contribution >= 4 is 24.0 Å². The minimum atomic E-state index is -0.448.